The quantitative estimate of drug-likeness (QED) is 0.820. The summed E-state index contributed by atoms with van der Waals surface area (Å²) >= 11 is 0. The maximum absolute atomic E-state index is 5.49. The summed E-state index contributed by atoms with van der Waals surface area (Å²) < 4.78 is 5.49. The van der Waals surface area contributed by atoms with Crippen molar-refractivity contribution in [3.8, 4) is 5.75 Å². The van der Waals surface area contributed by atoms with Crippen molar-refractivity contribution in [2.45, 2.75) is 47.5 Å². The summed E-state index contributed by atoms with van der Waals surface area (Å²) in [6.45, 7) is 12.9. The fraction of sp³-hybridized carbons (Fsp3) is 0.688. The summed E-state index contributed by atoms with van der Waals surface area (Å²) in [5.74, 6) is 0.979. The fourth-order valence-electron chi connectivity index (χ4n) is 2.39. The summed E-state index contributed by atoms with van der Waals surface area (Å²) in [5.41, 5.74) is 3.69. The van der Waals surface area contributed by atoms with Crippen molar-refractivity contribution >= 4 is 0 Å². The van der Waals surface area contributed by atoms with Gasteiger partial charge < -0.3 is 10.1 Å². The lowest BCUT2D eigenvalue weighted by molar-refractivity contribution is 0.289. The molecule has 0 aromatic carbocycles. The molecule has 3 heteroatoms. The number of hydrogen-bond donors (Lipinski definition) is 1. The van der Waals surface area contributed by atoms with Gasteiger partial charge >= 0.3 is 0 Å². The zero-order valence-corrected chi connectivity index (χ0v) is 13.3. The topological polar surface area (TPSA) is 34.2 Å². The van der Waals surface area contributed by atoms with Crippen LogP contribution in [0, 0.1) is 19.3 Å². The van der Waals surface area contributed by atoms with Crippen LogP contribution in [0.15, 0.2) is 6.20 Å². The lowest BCUT2D eigenvalue weighted by Gasteiger charge is -2.29. The van der Waals surface area contributed by atoms with Crippen LogP contribution in [0.25, 0.3) is 0 Å². The third-order valence-electron chi connectivity index (χ3n) is 4.00. The number of rotatable bonds is 7. The van der Waals surface area contributed by atoms with Gasteiger partial charge in [0.15, 0.2) is 0 Å². The van der Waals surface area contributed by atoms with Crippen LogP contribution in [0.1, 0.15) is 44.0 Å². The molecule has 1 rings (SSSR count). The predicted octanol–water partition coefficient (Wildman–Crippen LogP) is 3.28. The van der Waals surface area contributed by atoms with Crippen molar-refractivity contribution in [1.82, 2.24) is 10.3 Å². The third kappa shape index (κ3) is 3.93. The van der Waals surface area contributed by atoms with Crippen molar-refractivity contribution in [1.29, 1.82) is 0 Å². The van der Waals surface area contributed by atoms with E-state index in [2.05, 4.69) is 38.0 Å². The van der Waals surface area contributed by atoms with Crippen molar-refractivity contribution in [2.24, 2.45) is 5.41 Å². The summed E-state index contributed by atoms with van der Waals surface area (Å²) in [6, 6.07) is 0. The highest BCUT2D eigenvalue weighted by molar-refractivity contribution is 5.41. The molecule has 1 atom stereocenters. The first-order chi connectivity index (χ1) is 8.97. The minimum atomic E-state index is 0.244. The van der Waals surface area contributed by atoms with Crippen molar-refractivity contribution in [2.75, 3.05) is 20.2 Å². The number of methoxy groups -OCH3 is 1. The number of pyridine rings is 1. The van der Waals surface area contributed by atoms with Crippen molar-refractivity contribution < 1.29 is 4.74 Å². The van der Waals surface area contributed by atoms with Crippen LogP contribution in [0.4, 0.5) is 0 Å². The fourth-order valence-corrected chi connectivity index (χ4v) is 2.39. The van der Waals surface area contributed by atoms with Crippen molar-refractivity contribution in [3.63, 3.8) is 0 Å². The Morgan fingerprint density at radius 3 is 2.53 bits per heavy atom. The Bertz CT molecular complexity index is 417. The first kappa shape index (κ1) is 16.0. The van der Waals surface area contributed by atoms with Crippen LogP contribution >= 0.6 is 0 Å². The number of ether oxygens (including phenoxy) is 1. The van der Waals surface area contributed by atoms with Gasteiger partial charge in [-0.25, -0.2) is 0 Å². The molecule has 0 amide bonds. The molecule has 0 fully saturated rings. The molecule has 1 N–H and O–H groups in total. The minimum absolute atomic E-state index is 0.244. The van der Waals surface area contributed by atoms with Crippen LogP contribution in [-0.4, -0.2) is 25.2 Å². The van der Waals surface area contributed by atoms with Gasteiger partial charge in [0.25, 0.3) is 0 Å². The largest absolute Gasteiger partial charge is 0.496 e. The first-order valence-corrected chi connectivity index (χ1v) is 7.17. The molecule has 0 aliphatic carbocycles. The van der Waals surface area contributed by atoms with E-state index in [0.29, 0.717) is 0 Å². The van der Waals surface area contributed by atoms with Gasteiger partial charge in [0.1, 0.15) is 5.75 Å². The van der Waals surface area contributed by atoms with Crippen LogP contribution in [-0.2, 0) is 6.42 Å². The molecular weight excluding hydrogens is 236 g/mol. The molecule has 0 saturated heterocycles. The van der Waals surface area contributed by atoms with Crippen LogP contribution < -0.4 is 10.1 Å². The van der Waals surface area contributed by atoms with Gasteiger partial charge in [-0.3, -0.25) is 4.98 Å². The Hall–Kier alpha value is -1.09. The first-order valence-electron chi connectivity index (χ1n) is 7.17. The van der Waals surface area contributed by atoms with E-state index in [9.17, 15) is 0 Å². The Kier molecular flexibility index (Phi) is 5.80. The molecule has 3 nitrogen and oxygen atoms in total. The highest BCUT2D eigenvalue weighted by Crippen LogP contribution is 2.30. The van der Waals surface area contributed by atoms with Gasteiger partial charge in [-0.05, 0) is 38.6 Å². The predicted molar refractivity (Wildman–Crippen MR) is 80.9 cm³/mol. The van der Waals surface area contributed by atoms with Gasteiger partial charge in [-0.15, -0.1) is 0 Å². The second kappa shape index (κ2) is 6.90. The Labute approximate surface area is 117 Å². The van der Waals surface area contributed by atoms with Gasteiger partial charge in [0.05, 0.1) is 7.11 Å². The number of aromatic nitrogens is 1. The molecule has 1 aromatic rings. The average Bonchev–Trinajstić information content (AvgIpc) is 2.40. The highest BCUT2D eigenvalue weighted by Gasteiger charge is 2.24. The minimum Gasteiger partial charge on any atom is -0.496 e. The molecule has 19 heavy (non-hydrogen) atoms. The van der Waals surface area contributed by atoms with E-state index in [4.69, 9.17) is 4.74 Å². The van der Waals surface area contributed by atoms with Gasteiger partial charge in [-0.1, -0.05) is 20.8 Å². The standard InChI is InChI=1S/C16H28N2O/c1-7-16(5,11-17-8-2)9-14-13(4)15(19-6)12(3)10-18-14/h10,17H,7-9,11H2,1-6H3. The van der Waals surface area contributed by atoms with Crippen LogP contribution in [0.3, 0.4) is 0 Å². The van der Waals surface area contributed by atoms with Gasteiger partial charge in [-0.2, -0.15) is 0 Å². The molecule has 0 bridgehead atoms. The summed E-state index contributed by atoms with van der Waals surface area (Å²) in [6.07, 6.45) is 4.04. The zero-order chi connectivity index (χ0) is 14.5. The number of hydrogen-bond acceptors (Lipinski definition) is 3. The number of nitrogens with zero attached hydrogens (tertiary/aromatic N) is 1. The molecule has 0 spiro atoms. The zero-order valence-electron chi connectivity index (χ0n) is 13.3. The lowest BCUT2D eigenvalue weighted by Crippen LogP contribution is -2.33. The summed E-state index contributed by atoms with van der Waals surface area (Å²) in [4.78, 5) is 4.62. The van der Waals surface area contributed by atoms with E-state index >= 15 is 0 Å². The second-order valence-corrected chi connectivity index (χ2v) is 5.67. The molecule has 1 aromatic heterocycles. The highest BCUT2D eigenvalue weighted by atomic mass is 16.5. The van der Waals surface area contributed by atoms with Crippen LogP contribution in [0.2, 0.25) is 0 Å². The molecule has 0 radical (unpaired) electrons. The van der Waals surface area contributed by atoms with E-state index in [1.54, 1.807) is 7.11 Å². The molecule has 1 heterocycles. The number of nitrogens with one attached hydrogen (secondary N) is 1. The summed E-state index contributed by atoms with van der Waals surface area (Å²) in [7, 11) is 1.73. The lowest BCUT2D eigenvalue weighted by atomic mass is 9.81. The van der Waals surface area contributed by atoms with Gasteiger partial charge in [0.2, 0.25) is 0 Å². The maximum atomic E-state index is 5.49. The Morgan fingerprint density at radius 1 is 1.32 bits per heavy atom. The monoisotopic (exact) mass is 264 g/mol. The maximum Gasteiger partial charge on any atom is 0.128 e. The molecule has 0 aliphatic heterocycles. The average molecular weight is 264 g/mol. The van der Waals surface area contributed by atoms with Gasteiger partial charge in [0, 0.05) is 29.6 Å². The third-order valence-corrected chi connectivity index (χ3v) is 4.00. The molecule has 1 unspecified atom stereocenters. The van der Waals surface area contributed by atoms with E-state index in [0.717, 1.165) is 42.9 Å². The Balaban J connectivity index is 2.97. The SMILES string of the molecule is CCNCC(C)(CC)Cc1ncc(C)c(OC)c1C. The Morgan fingerprint density at radius 2 is 2.00 bits per heavy atom. The molecule has 0 aliphatic rings. The molecular formula is C16H28N2O. The van der Waals surface area contributed by atoms with E-state index in [1.165, 1.54) is 5.56 Å². The number of aryl methyl sites for hydroxylation is 1. The normalized spacial score (nSPS) is 14.2. The van der Waals surface area contributed by atoms with E-state index < -0.39 is 0 Å². The summed E-state index contributed by atoms with van der Waals surface area (Å²) in [5, 5.41) is 3.46. The second-order valence-electron chi connectivity index (χ2n) is 5.67. The molecule has 108 valence electrons. The molecule has 0 saturated carbocycles. The van der Waals surface area contributed by atoms with E-state index in [-0.39, 0.29) is 5.41 Å². The smallest absolute Gasteiger partial charge is 0.128 e. The van der Waals surface area contributed by atoms with E-state index in [1.807, 2.05) is 13.1 Å². The van der Waals surface area contributed by atoms with Crippen LogP contribution in [0.5, 0.6) is 5.75 Å². The van der Waals surface area contributed by atoms with Crippen molar-refractivity contribution in [3.05, 3.63) is 23.0 Å².